The van der Waals surface area contributed by atoms with Crippen molar-refractivity contribution in [1.29, 1.82) is 0 Å². The Kier molecular flexibility index (Phi) is 14.1. The number of carboxylic acid groups (broad SMARTS) is 4. The second-order valence-corrected chi connectivity index (χ2v) is 15.6. The monoisotopic (exact) mass is 760 g/mol. The molecule has 2 aromatic carbocycles. The molecule has 3 atom stereocenters. The average Bonchev–Trinajstić information content (AvgIpc) is 3.01. The van der Waals surface area contributed by atoms with E-state index in [0.29, 0.717) is 27.8 Å². The largest absolute Gasteiger partial charge is 0.507 e. The highest BCUT2D eigenvalue weighted by Crippen LogP contribution is 2.47. The van der Waals surface area contributed by atoms with Crippen LogP contribution >= 0.6 is 0 Å². The van der Waals surface area contributed by atoms with Crippen LogP contribution in [-0.2, 0) is 40.6 Å². The van der Waals surface area contributed by atoms with Crippen LogP contribution in [0, 0.1) is 30.6 Å². The summed E-state index contributed by atoms with van der Waals surface area (Å²) in [6, 6.07) is 7.33. The van der Waals surface area contributed by atoms with E-state index in [9.17, 15) is 62.5 Å². The number of nitrogens with zero attached hydrogens (tertiary/aromatic N) is 2. The molecule has 0 aliphatic heterocycles. The van der Waals surface area contributed by atoms with Gasteiger partial charge in [-0.2, -0.15) is 8.42 Å². The first-order valence-corrected chi connectivity index (χ1v) is 18.5. The summed E-state index contributed by atoms with van der Waals surface area (Å²) < 4.78 is 36.3. The molecule has 0 amide bonds. The number of hydrogen-bond donors (Lipinski definition) is 6. The smallest absolute Gasteiger partial charge is 0.317 e. The summed E-state index contributed by atoms with van der Waals surface area (Å²) in [5.41, 5.74) is 2.18. The zero-order chi connectivity index (χ0) is 40.1. The van der Waals surface area contributed by atoms with Crippen LogP contribution in [0.3, 0.4) is 0 Å². The van der Waals surface area contributed by atoms with Crippen LogP contribution in [0.1, 0.15) is 74.8 Å². The van der Waals surface area contributed by atoms with Crippen molar-refractivity contribution >= 4 is 45.4 Å². The molecule has 0 aromatic heterocycles. The molecule has 0 saturated heterocycles. The number of carbonyl (C=O) groups is 5. The molecule has 1 saturated carbocycles. The fourth-order valence-corrected chi connectivity index (χ4v) is 7.88. The second kappa shape index (κ2) is 17.5. The van der Waals surface area contributed by atoms with Crippen LogP contribution in [-0.4, -0.2) is 111 Å². The van der Waals surface area contributed by atoms with Gasteiger partial charge in [0.05, 0.1) is 26.2 Å². The van der Waals surface area contributed by atoms with Crippen LogP contribution in [0.15, 0.2) is 40.8 Å². The Labute approximate surface area is 308 Å². The van der Waals surface area contributed by atoms with E-state index in [4.69, 9.17) is 0 Å². The molecule has 1 aliphatic carbocycles. The summed E-state index contributed by atoms with van der Waals surface area (Å²) in [6.45, 7) is 7.32. The number of aromatic hydroxyl groups is 1. The summed E-state index contributed by atoms with van der Waals surface area (Å²) in [5, 5.41) is 49.8. The van der Waals surface area contributed by atoms with Gasteiger partial charge in [0.25, 0.3) is 10.1 Å². The minimum atomic E-state index is -4.87. The molecule has 2 aromatic rings. The van der Waals surface area contributed by atoms with Crippen molar-refractivity contribution < 1.29 is 62.5 Å². The summed E-state index contributed by atoms with van der Waals surface area (Å²) in [4.78, 5) is 62.8. The minimum absolute atomic E-state index is 0.0581. The van der Waals surface area contributed by atoms with Gasteiger partial charge in [-0.15, -0.1) is 0 Å². The average molecular weight is 761 g/mol. The number of rotatable bonds is 17. The molecule has 0 spiro atoms. The third-order valence-electron chi connectivity index (χ3n) is 9.76. The number of allylic oxidation sites excluding steroid dienone is 1. The van der Waals surface area contributed by atoms with E-state index in [1.165, 1.54) is 18.2 Å². The van der Waals surface area contributed by atoms with Crippen molar-refractivity contribution in [2.24, 2.45) is 23.7 Å². The molecule has 0 heterocycles. The summed E-state index contributed by atoms with van der Waals surface area (Å²) in [5.74, 6) is -8.60. The molecule has 53 heavy (non-hydrogen) atoms. The summed E-state index contributed by atoms with van der Waals surface area (Å²) in [6.07, 6.45) is 0.109. The van der Waals surface area contributed by atoms with Crippen LogP contribution in [0.25, 0.3) is 5.57 Å². The third-order valence-corrected chi connectivity index (χ3v) is 10.7. The minimum Gasteiger partial charge on any atom is -0.507 e. The van der Waals surface area contributed by atoms with Gasteiger partial charge in [0.1, 0.15) is 16.4 Å². The van der Waals surface area contributed by atoms with Crippen molar-refractivity contribution in [2.45, 2.75) is 65.3 Å². The number of carbonyl (C=O) groups excluding carboxylic acids is 1. The molecule has 290 valence electrons. The maximum absolute atomic E-state index is 14.1. The van der Waals surface area contributed by atoms with Gasteiger partial charge in [0, 0.05) is 36.1 Å². The molecule has 0 radical (unpaired) electrons. The van der Waals surface area contributed by atoms with Gasteiger partial charge in [-0.1, -0.05) is 58.4 Å². The van der Waals surface area contributed by atoms with Crippen molar-refractivity contribution in [3.8, 4) is 5.75 Å². The van der Waals surface area contributed by atoms with Crippen molar-refractivity contribution in [1.82, 2.24) is 9.80 Å². The molecule has 1 fully saturated rings. The standard InChI is InChI=1S/C37H48N2O13S/c1-19(2)24-11-26(21(5)28(36(24)48)13-38(15-31(40)41)16-32(42)43)35(23-9-7-8-10-30(23)53(50,51)52)27-12-25(20(3)4)37(49)29(22(27)6)14-39(17-33(44)45)18-34(46)47/h7-11,19-20,22,25,29,48H,12-18H2,1-6H3,(H,40,41)(H,42,43)(H,44,45)(H,46,47)(H,50,51,52). The van der Waals surface area contributed by atoms with Gasteiger partial charge >= 0.3 is 23.9 Å². The predicted molar refractivity (Wildman–Crippen MR) is 192 cm³/mol. The highest BCUT2D eigenvalue weighted by atomic mass is 32.2. The van der Waals surface area contributed by atoms with Crippen molar-refractivity contribution in [3.05, 3.63) is 63.7 Å². The van der Waals surface area contributed by atoms with E-state index in [1.807, 2.05) is 13.8 Å². The molecule has 16 heteroatoms. The molecule has 1 aliphatic rings. The van der Waals surface area contributed by atoms with E-state index in [-0.39, 0.29) is 54.0 Å². The fourth-order valence-electron chi connectivity index (χ4n) is 7.18. The quantitative estimate of drug-likeness (QED) is 0.126. The number of Topliss-reactive ketones (excluding diaryl/α,β-unsaturated/α-hetero) is 1. The first-order chi connectivity index (χ1) is 24.5. The van der Waals surface area contributed by atoms with Gasteiger partial charge < -0.3 is 25.5 Å². The highest BCUT2D eigenvalue weighted by molar-refractivity contribution is 7.86. The van der Waals surface area contributed by atoms with E-state index in [0.717, 1.165) is 9.80 Å². The van der Waals surface area contributed by atoms with E-state index in [1.54, 1.807) is 39.8 Å². The number of carboxylic acids is 4. The zero-order valence-corrected chi connectivity index (χ0v) is 31.4. The maximum Gasteiger partial charge on any atom is 0.317 e. The Morgan fingerprint density at radius 3 is 1.83 bits per heavy atom. The number of phenols is 1. The summed E-state index contributed by atoms with van der Waals surface area (Å²) >= 11 is 0. The topological polar surface area (TPSA) is 247 Å². The van der Waals surface area contributed by atoms with Crippen molar-refractivity contribution in [3.63, 3.8) is 0 Å². The van der Waals surface area contributed by atoms with Gasteiger partial charge in [-0.05, 0) is 65.5 Å². The van der Waals surface area contributed by atoms with Gasteiger partial charge in [-0.3, -0.25) is 38.3 Å². The SMILES string of the molecule is Cc1c(C(=C2CC(C(C)C)C(=O)C(CN(CC(=O)O)CC(=O)O)C2C)c2ccccc2S(=O)(=O)O)cc(C(C)C)c(O)c1CN(CC(=O)O)CC(=O)O. The lowest BCUT2D eigenvalue weighted by Crippen LogP contribution is -2.46. The number of phenolic OH excluding ortho intramolecular Hbond substituents is 1. The van der Waals surface area contributed by atoms with Crippen LogP contribution in [0.4, 0.5) is 0 Å². The van der Waals surface area contributed by atoms with Crippen molar-refractivity contribution in [2.75, 3.05) is 32.7 Å². The van der Waals surface area contributed by atoms with E-state index in [2.05, 4.69) is 0 Å². The third kappa shape index (κ3) is 10.5. The van der Waals surface area contributed by atoms with E-state index >= 15 is 0 Å². The number of ketones is 1. The number of benzene rings is 2. The van der Waals surface area contributed by atoms with Gasteiger partial charge in [0.2, 0.25) is 0 Å². The molecular weight excluding hydrogens is 712 g/mol. The fraction of sp³-hybridized carbons (Fsp3) is 0.486. The molecule has 3 rings (SSSR count). The Hall–Kier alpha value is -4.64. The highest BCUT2D eigenvalue weighted by Gasteiger charge is 2.43. The molecule has 15 nitrogen and oxygen atoms in total. The predicted octanol–water partition coefficient (Wildman–Crippen LogP) is 3.81. The Bertz CT molecular complexity index is 1870. The molecule has 3 unspecified atom stereocenters. The van der Waals surface area contributed by atoms with Crippen LogP contribution < -0.4 is 0 Å². The zero-order valence-electron chi connectivity index (χ0n) is 30.6. The number of aliphatic carboxylic acids is 4. The lowest BCUT2D eigenvalue weighted by atomic mass is 9.65. The first-order valence-electron chi connectivity index (χ1n) is 17.1. The molecule has 6 N–H and O–H groups in total. The lowest BCUT2D eigenvalue weighted by molar-refractivity contribution is -0.144. The van der Waals surface area contributed by atoms with E-state index < -0.39 is 82.8 Å². The lowest BCUT2D eigenvalue weighted by Gasteiger charge is -2.40. The molecular formula is C37H48N2O13S. The van der Waals surface area contributed by atoms with Gasteiger partial charge in [-0.25, -0.2) is 0 Å². The Morgan fingerprint density at radius 1 is 0.849 bits per heavy atom. The summed E-state index contributed by atoms with van der Waals surface area (Å²) in [7, 11) is -4.87. The van der Waals surface area contributed by atoms with Gasteiger partial charge in [0.15, 0.2) is 0 Å². The molecule has 0 bridgehead atoms. The van der Waals surface area contributed by atoms with Crippen LogP contribution in [0.2, 0.25) is 0 Å². The normalized spacial score (nSPS) is 18.9. The van der Waals surface area contributed by atoms with Crippen LogP contribution in [0.5, 0.6) is 5.75 Å². The Morgan fingerprint density at radius 2 is 1.36 bits per heavy atom. The Balaban J connectivity index is 2.54. The second-order valence-electron chi connectivity index (χ2n) is 14.2. The number of hydrogen-bond acceptors (Lipinski definition) is 10. The first kappa shape index (κ1) is 42.8. The maximum atomic E-state index is 14.1.